The Balaban J connectivity index is 2.06. The number of halogens is 1. The first-order chi connectivity index (χ1) is 9.09. The van der Waals surface area contributed by atoms with E-state index in [-0.39, 0.29) is 11.9 Å². The van der Waals surface area contributed by atoms with Crippen LogP contribution in [-0.2, 0) is 4.79 Å². The average Bonchev–Trinajstić information content (AvgIpc) is 2.64. The fourth-order valence-electron chi connectivity index (χ4n) is 2.45. The third-order valence-electron chi connectivity index (χ3n) is 3.40. The zero-order valence-electron chi connectivity index (χ0n) is 10.5. The van der Waals surface area contributed by atoms with E-state index in [1.807, 2.05) is 19.1 Å². The molecule has 0 spiro atoms. The van der Waals surface area contributed by atoms with Crippen LogP contribution in [0.25, 0.3) is 0 Å². The number of hydrogen-bond acceptors (Lipinski definition) is 2. The molecule has 5 heteroatoms. The van der Waals surface area contributed by atoms with Crippen molar-refractivity contribution in [3.8, 4) is 0 Å². The molecule has 19 heavy (non-hydrogen) atoms. The average molecular weight is 277 g/mol. The Bertz CT molecular complexity index is 609. The van der Waals surface area contributed by atoms with Crippen LogP contribution < -0.4 is 4.90 Å². The van der Waals surface area contributed by atoms with E-state index in [2.05, 4.69) is 0 Å². The van der Waals surface area contributed by atoms with Gasteiger partial charge in [0.15, 0.2) is 0 Å². The molecule has 0 aliphatic carbocycles. The number of nitrogens with zero attached hydrogens (tertiary/aromatic N) is 2. The van der Waals surface area contributed by atoms with Crippen LogP contribution in [0.2, 0.25) is 5.02 Å². The van der Waals surface area contributed by atoms with Crippen LogP contribution >= 0.6 is 11.6 Å². The molecule has 1 fully saturated rings. The second-order valence-electron chi connectivity index (χ2n) is 4.76. The molecule has 2 heterocycles. The van der Waals surface area contributed by atoms with Crippen molar-refractivity contribution >= 4 is 29.2 Å². The summed E-state index contributed by atoms with van der Waals surface area (Å²) < 4.78 is 0. The first kappa shape index (κ1) is 12.2. The molecular formula is C14H13ClN2O2. The molecule has 2 aliphatic heterocycles. The summed E-state index contributed by atoms with van der Waals surface area (Å²) in [6.45, 7) is 2.51. The Kier molecular flexibility index (Phi) is 2.82. The zero-order chi connectivity index (χ0) is 13.6. The summed E-state index contributed by atoms with van der Waals surface area (Å²) in [5, 5.41) is 0.419. The highest BCUT2D eigenvalue weighted by Crippen LogP contribution is 2.34. The second-order valence-corrected chi connectivity index (χ2v) is 5.17. The van der Waals surface area contributed by atoms with Gasteiger partial charge in [0.25, 0.3) is 5.91 Å². The molecule has 0 saturated carbocycles. The number of carbonyl (C=O) groups excluding carboxylic acids is 2. The lowest BCUT2D eigenvalue weighted by Gasteiger charge is -2.19. The molecule has 1 aromatic carbocycles. The Hall–Kier alpha value is -1.81. The minimum Gasteiger partial charge on any atom is -0.289 e. The van der Waals surface area contributed by atoms with E-state index in [9.17, 15) is 9.59 Å². The Morgan fingerprint density at radius 2 is 2.05 bits per heavy atom. The first-order valence-electron chi connectivity index (χ1n) is 6.22. The lowest BCUT2D eigenvalue weighted by molar-refractivity contribution is -0.114. The van der Waals surface area contributed by atoms with Gasteiger partial charge in [-0.2, -0.15) is 0 Å². The molecule has 4 nitrogen and oxygen atoms in total. The molecule has 0 unspecified atom stereocenters. The molecule has 0 atom stereocenters. The van der Waals surface area contributed by atoms with E-state index in [1.54, 1.807) is 12.1 Å². The summed E-state index contributed by atoms with van der Waals surface area (Å²) in [5.41, 5.74) is 1.93. The van der Waals surface area contributed by atoms with Gasteiger partial charge in [-0.3, -0.25) is 9.69 Å². The smallest absolute Gasteiger partial charge is 0.289 e. The van der Waals surface area contributed by atoms with Crippen LogP contribution in [0, 0.1) is 6.92 Å². The number of rotatable bonds is 1. The van der Waals surface area contributed by atoms with Crippen molar-refractivity contribution in [2.24, 2.45) is 0 Å². The number of anilines is 1. The molecule has 3 amide bonds. The first-order valence-corrected chi connectivity index (χ1v) is 6.59. The van der Waals surface area contributed by atoms with Gasteiger partial charge in [0.05, 0.1) is 10.7 Å². The quantitative estimate of drug-likeness (QED) is 0.740. The highest BCUT2D eigenvalue weighted by molar-refractivity contribution is 6.37. The van der Waals surface area contributed by atoms with Gasteiger partial charge in [0.2, 0.25) is 0 Å². The predicted molar refractivity (Wildman–Crippen MR) is 73.1 cm³/mol. The van der Waals surface area contributed by atoms with E-state index in [0.717, 1.165) is 18.4 Å². The van der Waals surface area contributed by atoms with Crippen molar-refractivity contribution in [3.05, 3.63) is 40.6 Å². The summed E-state index contributed by atoms with van der Waals surface area (Å²) >= 11 is 6.15. The predicted octanol–water partition coefficient (Wildman–Crippen LogP) is 3.09. The molecule has 98 valence electrons. The number of benzene rings is 1. The fraction of sp³-hybridized carbons (Fsp3) is 0.286. The van der Waals surface area contributed by atoms with Gasteiger partial charge < -0.3 is 0 Å². The fourth-order valence-corrected chi connectivity index (χ4v) is 2.77. The summed E-state index contributed by atoms with van der Waals surface area (Å²) in [6.07, 6.45) is 3.55. The summed E-state index contributed by atoms with van der Waals surface area (Å²) in [6, 6.07) is 5.00. The summed E-state index contributed by atoms with van der Waals surface area (Å²) in [4.78, 5) is 27.3. The van der Waals surface area contributed by atoms with Crippen molar-refractivity contribution in [2.45, 2.75) is 19.8 Å². The zero-order valence-corrected chi connectivity index (χ0v) is 11.3. The van der Waals surface area contributed by atoms with Crippen LogP contribution in [0.15, 0.2) is 30.0 Å². The van der Waals surface area contributed by atoms with Gasteiger partial charge in [-0.05, 0) is 37.5 Å². The molecule has 1 aromatic rings. The summed E-state index contributed by atoms with van der Waals surface area (Å²) in [7, 11) is 0. The Morgan fingerprint density at radius 1 is 1.26 bits per heavy atom. The van der Waals surface area contributed by atoms with Crippen molar-refractivity contribution in [3.63, 3.8) is 0 Å². The molecule has 3 rings (SSSR count). The monoisotopic (exact) mass is 276 g/mol. The second kappa shape index (κ2) is 4.38. The minimum atomic E-state index is -0.304. The van der Waals surface area contributed by atoms with Gasteiger partial charge in [-0.1, -0.05) is 23.7 Å². The van der Waals surface area contributed by atoms with Gasteiger partial charge in [-0.15, -0.1) is 0 Å². The van der Waals surface area contributed by atoms with Crippen molar-refractivity contribution in [1.82, 2.24) is 4.90 Å². The maximum atomic E-state index is 12.3. The Labute approximate surface area is 116 Å². The third-order valence-corrected chi connectivity index (χ3v) is 3.71. The lowest BCUT2D eigenvalue weighted by atomic mass is 10.1. The van der Waals surface area contributed by atoms with Gasteiger partial charge >= 0.3 is 6.03 Å². The van der Waals surface area contributed by atoms with E-state index in [4.69, 9.17) is 11.6 Å². The van der Waals surface area contributed by atoms with Gasteiger partial charge in [0.1, 0.15) is 5.70 Å². The highest BCUT2D eigenvalue weighted by atomic mass is 35.5. The van der Waals surface area contributed by atoms with Crippen molar-refractivity contribution in [1.29, 1.82) is 0 Å². The maximum Gasteiger partial charge on any atom is 0.336 e. The number of imide groups is 1. The number of allylic oxidation sites excluding steroid dienone is 1. The molecule has 0 radical (unpaired) electrons. The third kappa shape index (κ3) is 1.83. The minimum absolute atomic E-state index is 0.282. The standard InChI is InChI=1S/C14H13ClN2O2/c1-9-5-6-11(10(15)8-9)17-13(18)12-4-2-3-7-16(12)14(17)19/h4-6,8H,2-3,7H2,1H3. The number of carbonyl (C=O) groups is 2. The molecule has 1 saturated heterocycles. The van der Waals surface area contributed by atoms with Crippen LogP contribution in [0.3, 0.4) is 0 Å². The molecule has 0 bridgehead atoms. The van der Waals surface area contributed by atoms with Crippen LogP contribution in [-0.4, -0.2) is 23.4 Å². The lowest BCUT2D eigenvalue weighted by Crippen LogP contribution is -2.33. The SMILES string of the molecule is Cc1ccc(N2C(=O)C3=CCCCN3C2=O)c(Cl)c1. The van der Waals surface area contributed by atoms with Crippen molar-refractivity contribution in [2.75, 3.05) is 11.4 Å². The van der Waals surface area contributed by atoms with E-state index in [0.29, 0.717) is 23.0 Å². The van der Waals surface area contributed by atoms with E-state index in [1.165, 1.54) is 9.80 Å². The van der Waals surface area contributed by atoms with Crippen LogP contribution in [0.1, 0.15) is 18.4 Å². The number of hydrogen-bond donors (Lipinski definition) is 0. The summed E-state index contributed by atoms with van der Waals surface area (Å²) in [5.74, 6) is -0.282. The highest BCUT2D eigenvalue weighted by Gasteiger charge is 2.43. The number of aryl methyl sites for hydroxylation is 1. The molecule has 2 aliphatic rings. The normalized spacial score (nSPS) is 18.7. The number of urea groups is 1. The van der Waals surface area contributed by atoms with Crippen LogP contribution in [0.5, 0.6) is 0 Å². The van der Waals surface area contributed by atoms with Gasteiger partial charge in [0, 0.05) is 6.54 Å². The van der Waals surface area contributed by atoms with E-state index >= 15 is 0 Å². The molecular weight excluding hydrogens is 264 g/mol. The molecule has 0 N–H and O–H groups in total. The largest absolute Gasteiger partial charge is 0.336 e. The number of fused-ring (bicyclic) bond motifs is 1. The topological polar surface area (TPSA) is 40.6 Å². The number of amides is 3. The van der Waals surface area contributed by atoms with Gasteiger partial charge in [-0.25, -0.2) is 9.69 Å². The van der Waals surface area contributed by atoms with Crippen molar-refractivity contribution < 1.29 is 9.59 Å². The molecule has 0 aromatic heterocycles. The van der Waals surface area contributed by atoms with Crippen LogP contribution in [0.4, 0.5) is 10.5 Å². The van der Waals surface area contributed by atoms with E-state index < -0.39 is 0 Å². The maximum absolute atomic E-state index is 12.3. The Morgan fingerprint density at radius 3 is 2.74 bits per heavy atom.